The minimum absolute atomic E-state index is 0.415. The second-order valence-electron chi connectivity index (χ2n) is 5.46. The van der Waals surface area contributed by atoms with Crippen LogP contribution in [0.25, 0.3) is 0 Å². The van der Waals surface area contributed by atoms with E-state index in [2.05, 4.69) is 10.6 Å². The third-order valence-electron chi connectivity index (χ3n) is 2.24. The van der Waals surface area contributed by atoms with Crippen molar-refractivity contribution in [3.8, 4) is 0 Å². The molecule has 0 bridgehead atoms. The molecule has 0 aliphatic carbocycles. The Bertz CT molecular complexity index is 234. The molecule has 1 unspecified atom stereocenters. The van der Waals surface area contributed by atoms with Crippen molar-refractivity contribution >= 4 is 6.09 Å². The van der Waals surface area contributed by atoms with E-state index in [1.807, 2.05) is 27.7 Å². The van der Waals surface area contributed by atoms with E-state index in [-0.39, 0.29) is 0 Å². The van der Waals surface area contributed by atoms with Crippen LogP contribution in [0.1, 0.15) is 41.0 Å². The summed E-state index contributed by atoms with van der Waals surface area (Å²) < 4.78 is 5.08. The van der Waals surface area contributed by atoms with Crippen LogP contribution in [0.4, 0.5) is 4.79 Å². The highest BCUT2D eigenvalue weighted by molar-refractivity contribution is 5.67. The van der Waals surface area contributed by atoms with Crippen molar-refractivity contribution in [2.75, 3.05) is 19.6 Å². The van der Waals surface area contributed by atoms with Crippen LogP contribution in [-0.4, -0.2) is 42.0 Å². The van der Waals surface area contributed by atoms with Crippen molar-refractivity contribution < 1.29 is 14.6 Å². The minimum atomic E-state index is -0.689. The molecule has 0 aliphatic heterocycles. The van der Waals surface area contributed by atoms with E-state index in [9.17, 15) is 9.90 Å². The van der Waals surface area contributed by atoms with Crippen LogP contribution in [0.2, 0.25) is 0 Å². The van der Waals surface area contributed by atoms with Crippen LogP contribution in [0.5, 0.6) is 0 Å². The van der Waals surface area contributed by atoms with Gasteiger partial charge in [-0.2, -0.15) is 0 Å². The van der Waals surface area contributed by atoms with Gasteiger partial charge in [-0.25, -0.2) is 4.79 Å². The normalized spacial score (nSPS) is 15.2. The monoisotopic (exact) mass is 246 g/mol. The number of hydrogen-bond donors (Lipinski definition) is 3. The Morgan fingerprint density at radius 1 is 1.24 bits per heavy atom. The number of rotatable bonds is 6. The maximum Gasteiger partial charge on any atom is 0.407 e. The Kier molecular flexibility index (Phi) is 6.49. The molecule has 17 heavy (non-hydrogen) atoms. The molecule has 0 rings (SSSR count). The minimum Gasteiger partial charge on any atom is -0.444 e. The Balaban J connectivity index is 3.56. The molecule has 0 aromatic rings. The van der Waals surface area contributed by atoms with Crippen LogP contribution in [0.15, 0.2) is 0 Å². The maximum atomic E-state index is 11.3. The van der Waals surface area contributed by atoms with Gasteiger partial charge in [0.1, 0.15) is 5.60 Å². The van der Waals surface area contributed by atoms with E-state index in [1.54, 1.807) is 6.92 Å². The smallest absolute Gasteiger partial charge is 0.407 e. The number of alkyl carbamates (subject to hydrolysis) is 1. The predicted molar refractivity (Wildman–Crippen MR) is 68.0 cm³/mol. The standard InChI is InChI=1S/C12H26N2O3/c1-6-12(5,16)9-13-7-8-14-10(15)17-11(2,3)4/h13,16H,6-9H2,1-5H3,(H,14,15). The third kappa shape index (κ3) is 10.1. The lowest BCUT2D eigenvalue weighted by atomic mass is 10.0. The number of ether oxygens (including phenoxy) is 1. The lowest BCUT2D eigenvalue weighted by Crippen LogP contribution is -2.41. The third-order valence-corrected chi connectivity index (χ3v) is 2.24. The molecule has 0 aromatic carbocycles. The highest BCUT2D eigenvalue weighted by Crippen LogP contribution is 2.06. The Hall–Kier alpha value is -0.810. The topological polar surface area (TPSA) is 70.6 Å². The first kappa shape index (κ1) is 16.2. The van der Waals surface area contributed by atoms with Crippen LogP contribution in [-0.2, 0) is 4.74 Å². The van der Waals surface area contributed by atoms with Crippen LogP contribution in [0, 0.1) is 0 Å². The molecule has 0 saturated heterocycles. The van der Waals surface area contributed by atoms with Gasteiger partial charge in [-0.05, 0) is 34.1 Å². The molecule has 0 spiro atoms. The van der Waals surface area contributed by atoms with Crippen LogP contribution < -0.4 is 10.6 Å². The van der Waals surface area contributed by atoms with E-state index in [0.29, 0.717) is 26.1 Å². The first-order chi connectivity index (χ1) is 7.66. The summed E-state index contributed by atoms with van der Waals surface area (Å²) in [6.45, 7) is 10.8. The van der Waals surface area contributed by atoms with Gasteiger partial charge < -0.3 is 20.5 Å². The fourth-order valence-electron chi connectivity index (χ4n) is 1.05. The van der Waals surface area contributed by atoms with E-state index in [1.165, 1.54) is 0 Å². The van der Waals surface area contributed by atoms with Crippen molar-refractivity contribution in [2.45, 2.75) is 52.2 Å². The van der Waals surface area contributed by atoms with Crippen LogP contribution >= 0.6 is 0 Å². The van der Waals surface area contributed by atoms with Gasteiger partial charge in [0.25, 0.3) is 0 Å². The average Bonchev–Trinajstić information content (AvgIpc) is 2.14. The van der Waals surface area contributed by atoms with Gasteiger partial charge in [0.05, 0.1) is 5.60 Å². The number of aliphatic hydroxyl groups is 1. The molecule has 1 atom stereocenters. The molecular formula is C12H26N2O3. The zero-order valence-corrected chi connectivity index (χ0v) is 11.6. The second kappa shape index (κ2) is 6.81. The Morgan fingerprint density at radius 3 is 2.29 bits per heavy atom. The van der Waals surface area contributed by atoms with Crippen molar-refractivity contribution in [1.29, 1.82) is 0 Å². The van der Waals surface area contributed by atoms with Crippen LogP contribution in [0.3, 0.4) is 0 Å². The molecule has 1 amide bonds. The van der Waals surface area contributed by atoms with Crippen molar-refractivity contribution in [3.63, 3.8) is 0 Å². The first-order valence-corrected chi connectivity index (χ1v) is 6.06. The Labute approximate surface area is 104 Å². The summed E-state index contributed by atoms with van der Waals surface area (Å²) in [6.07, 6.45) is 0.279. The zero-order valence-electron chi connectivity index (χ0n) is 11.6. The van der Waals surface area contributed by atoms with Gasteiger partial charge in [0.15, 0.2) is 0 Å². The highest BCUT2D eigenvalue weighted by atomic mass is 16.6. The van der Waals surface area contributed by atoms with Gasteiger partial charge in [-0.15, -0.1) is 0 Å². The summed E-state index contributed by atoms with van der Waals surface area (Å²) in [5, 5.41) is 15.4. The summed E-state index contributed by atoms with van der Waals surface area (Å²) in [6, 6.07) is 0. The summed E-state index contributed by atoms with van der Waals surface area (Å²) in [7, 11) is 0. The first-order valence-electron chi connectivity index (χ1n) is 6.06. The molecule has 0 heterocycles. The number of amides is 1. The van der Waals surface area contributed by atoms with Crippen molar-refractivity contribution in [2.24, 2.45) is 0 Å². The van der Waals surface area contributed by atoms with E-state index >= 15 is 0 Å². The molecule has 0 radical (unpaired) electrons. The molecule has 0 aromatic heterocycles. The quantitative estimate of drug-likeness (QED) is 0.617. The molecule has 5 heteroatoms. The van der Waals surface area contributed by atoms with Gasteiger partial charge in [-0.3, -0.25) is 0 Å². The van der Waals surface area contributed by atoms with Crippen molar-refractivity contribution in [1.82, 2.24) is 10.6 Å². The molecule has 3 N–H and O–H groups in total. The largest absolute Gasteiger partial charge is 0.444 e. The lowest BCUT2D eigenvalue weighted by molar-refractivity contribution is 0.0516. The lowest BCUT2D eigenvalue weighted by Gasteiger charge is -2.22. The number of carbonyl (C=O) groups excluding carboxylic acids is 1. The molecular weight excluding hydrogens is 220 g/mol. The highest BCUT2D eigenvalue weighted by Gasteiger charge is 2.17. The molecule has 5 nitrogen and oxygen atoms in total. The van der Waals surface area contributed by atoms with Gasteiger partial charge in [0.2, 0.25) is 0 Å². The maximum absolute atomic E-state index is 11.3. The molecule has 0 aliphatic rings. The summed E-state index contributed by atoms with van der Waals surface area (Å²) >= 11 is 0. The number of carbonyl (C=O) groups is 1. The average molecular weight is 246 g/mol. The second-order valence-corrected chi connectivity index (χ2v) is 5.46. The van der Waals surface area contributed by atoms with Gasteiger partial charge in [-0.1, -0.05) is 6.92 Å². The van der Waals surface area contributed by atoms with E-state index in [4.69, 9.17) is 4.74 Å². The summed E-state index contributed by atoms with van der Waals surface area (Å²) in [5.74, 6) is 0. The predicted octanol–water partition coefficient (Wildman–Crippen LogP) is 1.26. The number of nitrogens with one attached hydrogen (secondary N) is 2. The zero-order chi connectivity index (χ0) is 13.5. The number of hydrogen-bond acceptors (Lipinski definition) is 4. The van der Waals surface area contributed by atoms with Gasteiger partial charge >= 0.3 is 6.09 Å². The fraction of sp³-hybridized carbons (Fsp3) is 0.917. The molecule has 0 fully saturated rings. The SMILES string of the molecule is CCC(C)(O)CNCCNC(=O)OC(C)(C)C. The molecule has 102 valence electrons. The molecule has 0 saturated carbocycles. The fourth-order valence-corrected chi connectivity index (χ4v) is 1.05. The van der Waals surface area contributed by atoms with Gasteiger partial charge in [0, 0.05) is 19.6 Å². The van der Waals surface area contributed by atoms with E-state index in [0.717, 1.165) is 0 Å². The van der Waals surface area contributed by atoms with E-state index < -0.39 is 17.3 Å². The Morgan fingerprint density at radius 2 is 1.82 bits per heavy atom. The summed E-state index contributed by atoms with van der Waals surface area (Å²) in [5.41, 5.74) is -1.16. The van der Waals surface area contributed by atoms with Crippen molar-refractivity contribution in [3.05, 3.63) is 0 Å². The summed E-state index contributed by atoms with van der Waals surface area (Å²) in [4.78, 5) is 11.3.